The van der Waals surface area contributed by atoms with E-state index >= 15 is 0 Å². The normalized spacial score (nSPS) is 17.7. The zero-order chi connectivity index (χ0) is 14.8. The van der Waals surface area contributed by atoms with E-state index in [-0.39, 0.29) is 12.3 Å². The number of carbonyl (C=O) groups is 1. The van der Waals surface area contributed by atoms with Crippen LogP contribution in [0.2, 0.25) is 0 Å². The molecule has 6 nitrogen and oxygen atoms in total. The summed E-state index contributed by atoms with van der Waals surface area (Å²) < 4.78 is 0. The number of aliphatic carboxylic acids is 1. The lowest BCUT2D eigenvalue weighted by atomic mass is 9.98. The fraction of sp³-hybridized carbons (Fsp3) is 0.615. The Balaban J connectivity index is 0.00000154. The molecular formula is C13H25N3O3. The van der Waals surface area contributed by atoms with Gasteiger partial charge in [0.25, 0.3) is 0 Å². The van der Waals surface area contributed by atoms with E-state index in [1.54, 1.807) is 0 Å². The lowest BCUT2D eigenvalue weighted by molar-refractivity contribution is -0.132. The summed E-state index contributed by atoms with van der Waals surface area (Å²) >= 11 is 0. The van der Waals surface area contributed by atoms with Crippen LogP contribution < -0.4 is 11.5 Å². The van der Waals surface area contributed by atoms with Crippen LogP contribution in [0, 0.1) is 5.92 Å². The Bertz CT molecular complexity index is 332. The van der Waals surface area contributed by atoms with Crippen LogP contribution in [0.15, 0.2) is 23.7 Å². The third-order valence-electron chi connectivity index (χ3n) is 2.92. The Labute approximate surface area is 114 Å². The summed E-state index contributed by atoms with van der Waals surface area (Å²) in [5, 5.41) is 17.6. The number of nitrogens with two attached hydrogens (primary N) is 2. The number of likely N-dealkylation sites (tertiary alicyclic amines) is 1. The average molecular weight is 271 g/mol. The largest absolute Gasteiger partial charge is 0.477 e. The van der Waals surface area contributed by atoms with Crippen LogP contribution in [-0.2, 0) is 4.79 Å². The van der Waals surface area contributed by atoms with E-state index in [9.17, 15) is 4.79 Å². The molecule has 0 aromatic rings. The SMILES string of the molecule is CC.N/C(=C\C=C(/N)N1CCC(CO)CC1)C(=O)O. The number of piperidine rings is 1. The minimum Gasteiger partial charge on any atom is -0.477 e. The van der Waals surface area contributed by atoms with E-state index in [2.05, 4.69) is 0 Å². The van der Waals surface area contributed by atoms with E-state index in [0.29, 0.717) is 11.7 Å². The molecule has 0 unspecified atom stereocenters. The maximum absolute atomic E-state index is 10.5. The fourth-order valence-electron chi connectivity index (χ4n) is 1.73. The van der Waals surface area contributed by atoms with Gasteiger partial charge in [0.1, 0.15) is 5.70 Å². The number of carboxylic acid groups (broad SMARTS) is 1. The smallest absolute Gasteiger partial charge is 0.351 e. The van der Waals surface area contributed by atoms with E-state index in [1.165, 1.54) is 12.2 Å². The first-order chi connectivity index (χ1) is 9.04. The maximum Gasteiger partial charge on any atom is 0.351 e. The Hall–Kier alpha value is -1.69. The number of rotatable bonds is 4. The molecule has 6 N–H and O–H groups in total. The molecule has 1 fully saturated rings. The van der Waals surface area contributed by atoms with E-state index in [0.717, 1.165) is 25.9 Å². The molecule has 1 aliphatic heterocycles. The minimum atomic E-state index is -1.16. The second kappa shape index (κ2) is 9.27. The number of aliphatic hydroxyl groups excluding tert-OH is 1. The number of hydrogen-bond donors (Lipinski definition) is 4. The molecule has 0 aromatic carbocycles. The van der Waals surface area contributed by atoms with Crippen LogP contribution >= 0.6 is 0 Å². The standard InChI is InChI=1S/C11H19N3O3.C2H6/c12-9(11(16)17)1-2-10(13)14-5-3-8(7-15)4-6-14;1-2/h1-2,8,15H,3-7,12-13H2,(H,16,17);1-2H3/b9-1-,10-2+;. The first kappa shape index (κ1) is 17.3. The van der Waals surface area contributed by atoms with E-state index in [4.69, 9.17) is 21.7 Å². The number of carboxylic acids is 1. The second-order valence-electron chi connectivity index (χ2n) is 4.13. The van der Waals surface area contributed by atoms with Crippen molar-refractivity contribution in [3.8, 4) is 0 Å². The summed E-state index contributed by atoms with van der Waals surface area (Å²) in [6, 6.07) is 0. The van der Waals surface area contributed by atoms with Crippen molar-refractivity contribution >= 4 is 5.97 Å². The summed E-state index contributed by atoms with van der Waals surface area (Å²) in [6.07, 6.45) is 4.57. The van der Waals surface area contributed by atoms with Gasteiger partial charge >= 0.3 is 5.97 Å². The molecule has 1 saturated heterocycles. The van der Waals surface area contributed by atoms with Crippen molar-refractivity contribution in [2.24, 2.45) is 17.4 Å². The van der Waals surface area contributed by atoms with Crippen molar-refractivity contribution < 1.29 is 15.0 Å². The van der Waals surface area contributed by atoms with Gasteiger partial charge in [-0.1, -0.05) is 13.8 Å². The zero-order valence-electron chi connectivity index (χ0n) is 11.7. The Morgan fingerprint density at radius 2 is 1.79 bits per heavy atom. The van der Waals surface area contributed by atoms with Crippen molar-refractivity contribution in [1.29, 1.82) is 0 Å². The van der Waals surface area contributed by atoms with Gasteiger partial charge in [-0.05, 0) is 30.9 Å². The molecule has 1 rings (SSSR count). The van der Waals surface area contributed by atoms with Crippen LogP contribution in [0.1, 0.15) is 26.7 Å². The molecule has 1 heterocycles. The Morgan fingerprint density at radius 1 is 1.26 bits per heavy atom. The molecule has 1 aliphatic rings. The molecule has 0 bridgehead atoms. The average Bonchev–Trinajstić information content (AvgIpc) is 2.46. The lowest BCUT2D eigenvalue weighted by Crippen LogP contribution is -2.36. The molecule has 0 aromatic heterocycles. The molecule has 0 amide bonds. The van der Waals surface area contributed by atoms with Gasteiger partial charge < -0.3 is 26.6 Å². The molecule has 0 spiro atoms. The highest BCUT2D eigenvalue weighted by Gasteiger charge is 2.18. The van der Waals surface area contributed by atoms with Gasteiger partial charge in [0.05, 0.1) is 5.82 Å². The lowest BCUT2D eigenvalue weighted by Gasteiger charge is -2.32. The molecular weight excluding hydrogens is 246 g/mol. The van der Waals surface area contributed by atoms with Gasteiger partial charge in [-0.25, -0.2) is 4.79 Å². The highest BCUT2D eigenvalue weighted by molar-refractivity contribution is 5.85. The van der Waals surface area contributed by atoms with Crippen LogP contribution in [0.25, 0.3) is 0 Å². The number of nitrogens with zero attached hydrogens (tertiary/aromatic N) is 1. The molecule has 0 aliphatic carbocycles. The Kier molecular flexibility index (Phi) is 8.44. The third-order valence-corrected chi connectivity index (χ3v) is 2.92. The van der Waals surface area contributed by atoms with Crippen molar-refractivity contribution in [3.05, 3.63) is 23.7 Å². The minimum absolute atomic E-state index is 0.212. The van der Waals surface area contributed by atoms with Crippen molar-refractivity contribution in [2.75, 3.05) is 19.7 Å². The number of hydrogen-bond acceptors (Lipinski definition) is 5. The summed E-state index contributed by atoms with van der Waals surface area (Å²) in [6.45, 7) is 5.76. The number of allylic oxidation sites excluding steroid dienone is 2. The molecule has 0 saturated carbocycles. The first-order valence-electron chi connectivity index (χ1n) is 6.56. The maximum atomic E-state index is 10.5. The van der Waals surface area contributed by atoms with Gasteiger partial charge in [0.2, 0.25) is 0 Å². The van der Waals surface area contributed by atoms with Crippen molar-refractivity contribution in [2.45, 2.75) is 26.7 Å². The Morgan fingerprint density at radius 3 is 2.21 bits per heavy atom. The third kappa shape index (κ3) is 6.15. The summed E-state index contributed by atoms with van der Waals surface area (Å²) in [7, 11) is 0. The topological polar surface area (TPSA) is 113 Å². The predicted molar refractivity (Wildman–Crippen MR) is 74.9 cm³/mol. The summed E-state index contributed by atoms with van der Waals surface area (Å²) in [5.41, 5.74) is 10.8. The molecule has 0 atom stereocenters. The second-order valence-corrected chi connectivity index (χ2v) is 4.13. The number of aliphatic hydroxyl groups is 1. The van der Waals surface area contributed by atoms with Gasteiger partial charge in [-0.3, -0.25) is 0 Å². The van der Waals surface area contributed by atoms with Crippen LogP contribution in [0.3, 0.4) is 0 Å². The van der Waals surface area contributed by atoms with E-state index in [1.807, 2.05) is 18.7 Å². The highest BCUT2D eigenvalue weighted by atomic mass is 16.4. The van der Waals surface area contributed by atoms with E-state index < -0.39 is 5.97 Å². The first-order valence-corrected chi connectivity index (χ1v) is 6.56. The van der Waals surface area contributed by atoms with Crippen LogP contribution in [0.4, 0.5) is 0 Å². The van der Waals surface area contributed by atoms with Gasteiger partial charge in [-0.15, -0.1) is 0 Å². The quantitative estimate of drug-likeness (QED) is 0.436. The zero-order valence-corrected chi connectivity index (χ0v) is 11.7. The van der Waals surface area contributed by atoms with Gasteiger partial charge in [0.15, 0.2) is 0 Å². The van der Waals surface area contributed by atoms with Crippen molar-refractivity contribution in [3.63, 3.8) is 0 Å². The monoisotopic (exact) mass is 271 g/mol. The summed E-state index contributed by atoms with van der Waals surface area (Å²) in [4.78, 5) is 12.4. The highest BCUT2D eigenvalue weighted by Crippen LogP contribution is 2.18. The summed E-state index contributed by atoms with van der Waals surface area (Å²) in [5.74, 6) is -0.308. The molecule has 110 valence electrons. The van der Waals surface area contributed by atoms with Crippen molar-refractivity contribution in [1.82, 2.24) is 4.90 Å². The van der Waals surface area contributed by atoms with Gasteiger partial charge in [-0.2, -0.15) is 0 Å². The van der Waals surface area contributed by atoms with Crippen LogP contribution in [-0.4, -0.2) is 40.8 Å². The predicted octanol–water partition coefficient (Wildman–Crippen LogP) is 0.444. The van der Waals surface area contributed by atoms with Crippen LogP contribution in [0.5, 0.6) is 0 Å². The fourth-order valence-corrected chi connectivity index (χ4v) is 1.73. The molecule has 6 heteroatoms. The van der Waals surface area contributed by atoms with Gasteiger partial charge in [0, 0.05) is 19.7 Å². The molecule has 0 radical (unpaired) electrons. The molecule has 19 heavy (non-hydrogen) atoms.